The molecule has 0 aromatic heterocycles. The molecule has 0 aliphatic carbocycles. The molecule has 2 heterocycles. The third-order valence-corrected chi connectivity index (χ3v) is 6.13. The maximum absolute atomic E-state index is 14.1. The van der Waals surface area contributed by atoms with Crippen LogP contribution in [-0.2, 0) is 14.3 Å². The molecule has 2 aliphatic heterocycles. The molecule has 2 saturated heterocycles. The molecule has 0 radical (unpaired) electrons. The predicted molar refractivity (Wildman–Crippen MR) is 120 cm³/mol. The number of carbonyl (C=O) groups excluding carboxylic acids is 2. The molecular formula is C24H24ClFN2O5. The Morgan fingerprint density at radius 3 is 2.61 bits per heavy atom. The molecule has 174 valence electrons. The third kappa shape index (κ3) is 4.88. The van der Waals surface area contributed by atoms with E-state index in [0.29, 0.717) is 31.7 Å². The van der Waals surface area contributed by atoms with Gasteiger partial charge in [-0.1, -0.05) is 23.7 Å². The fourth-order valence-electron chi connectivity index (χ4n) is 4.27. The number of rotatable bonds is 6. The number of hydrogen-bond donors (Lipinski definition) is 2. The normalized spacial score (nSPS) is 21.0. The first-order valence-electron chi connectivity index (χ1n) is 10.7. The zero-order chi connectivity index (χ0) is 23.5. The number of halogens is 2. The van der Waals surface area contributed by atoms with Crippen molar-refractivity contribution < 1.29 is 28.9 Å². The zero-order valence-corrected chi connectivity index (χ0v) is 18.6. The number of carbonyl (C=O) groups is 2. The fourth-order valence-corrected chi connectivity index (χ4v) is 4.44. The summed E-state index contributed by atoms with van der Waals surface area (Å²) in [5, 5.41) is 21.5. The number of aliphatic hydroxyl groups excluding tert-OH is 1. The van der Waals surface area contributed by atoms with E-state index in [2.05, 4.69) is 4.90 Å². The van der Waals surface area contributed by atoms with Gasteiger partial charge in [0.15, 0.2) is 0 Å². The molecule has 4 rings (SSSR count). The van der Waals surface area contributed by atoms with Crippen LogP contribution in [0.4, 0.5) is 4.39 Å². The number of ketones is 1. The van der Waals surface area contributed by atoms with Crippen molar-refractivity contribution in [1.82, 2.24) is 9.80 Å². The Bertz CT molecular complexity index is 1100. The second-order valence-electron chi connectivity index (χ2n) is 8.02. The number of hydrogen-bond acceptors (Lipinski definition) is 6. The highest BCUT2D eigenvalue weighted by Gasteiger charge is 2.46. The van der Waals surface area contributed by atoms with Crippen LogP contribution >= 0.6 is 11.6 Å². The minimum atomic E-state index is -0.997. The smallest absolute Gasteiger partial charge is 0.295 e. The molecule has 2 aromatic carbocycles. The highest BCUT2D eigenvalue weighted by Crippen LogP contribution is 2.41. The van der Waals surface area contributed by atoms with Gasteiger partial charge >= 0.3 is 0 Å². The maximum Gasteiger partial charge on any atom is 0.295 e. The lowest BCUT2D eigenvalue weighted by atomic mass is 9.95. The molecule has 2 aliphatic rings. The van der Waals surface area contributed by atoms with Crippen LogP contribution in [0, 0.1) is 5.82 Å². The van der Waals surface area contributed by atoms with Crippen molar-refractivity contribution in [2.24, 2.45) is 0 Å². The number of aromatic hydroxyl groups is 1. The minimum Gasteiger partial charge on any atom is -0.507 e. The summed E-state index contributed by atoms with van der Waals surface area (Å²) in [6.45, 7) is 3.83. The molecule has 1 amide bonds. The van der Waals surface area contributed by atoms with E-state index in [9.17, 15) is 24.2 Å². The first-order chi connectivity index (χ1) is 15.9. The monoisotopic (exact) mass is 474 g/mol. The Kier molecular flexibility index (Phi) is 6.97. The summed E-state index contributed by atoms with van der Waals surface area (Å²) in [6.07, 6.45) is 0.585. The lowest BCUT2D eigenvalue weighted by molar-refractivity contribution is -0.140. The summed E-state index contributed by atoms with van der Waals surface area (Å²) in [4.78, 5) is 29.5. The van der Waals surface area contributed by atoms with Gasteiger partial charge in [0, 0.05) is 31.2 Å². The predicted octanol–water partition coefficient (Wildman–Crippen LogP) is 3.33. The summed E-state index contributed by atoms with van der Waals surface area (Å²) >= 11 is 6.01. The van der Waals surface area contributed by atoms with Crippen LogP contribution < -0.4 is 0 Å². The average Bonchev–Trinajstić information content (AvgIpc) is 3.06. The summed E-state index contributed by atoms with van der Waals surface area (Å²) in [5.41, 5.74) is 0.0633. The topological polar surface area (TPSA) is 90.3 Å². The van der Waals surface area contributed by atoms with Crippen LogP contribution in [0.1, 0.15) is 23.6 Å². The van der Waals surface area contributed by atoms with E-state index >= 15 is 0 Å². The molecule has 9 heteroatoms. The van der Waals surface area contributed by atoms with Gasteiger partial charge in [0.1, 0.15) is 17.3 Å². The van der Waals surface area contributed by atoms with E-state index < -0.39 is 29.3 Å². The van der Waals surface area contributed by atoms with Gasteiger partial charge < -0.3 is 19.8 Å². The van der Waals surface area contributed by atoms with E-state index in [1.165, 1.54) is 41.3 Å². The molecule has 1 atom stereocenters. The lowest BCUT2D eigenvalue weighted by Gasteiger charge is -2.29. The number of aliphatic hydroxyl groups is 1. The van der Waals surface area contributed by atoms with Crippen molar-refractivity contribution in [3.8, 4) is 5.75 Å². The number of phenols is 1. The molecule has 0 unspecified atom stereocenters. The Hall–Kier alpha value is -2.94. The third-order valence-electron chi connectivity index (χ3n) is 5.90. The molecule has 2 fully saturated rings. The number of nitrogens with zero attached hydrogens (tertiary/aromatic N) is 2. The number of amides is 1. The second kappa shape index (κ2) is 9.91. The van der Waals surface area contributed by atoms with Gasteiger partial charge in [-0.3, -0.25) is 14.5 Å². The van der Waals surface area contributed by atoms with E-state index in [-0.39, 0.29) is 28.5 Å². The first-order valence-corrected chi connectivity index (χ1v) is 11.1. The lowest BCUT2D eigenvalue weighted by Crippen LogP contribution is -2.39. The van der Waals surface area contributed by atoms with Crippen LogP contribution in [-0.4, -0.2) is 71.1 Å². The average molecular weight is 475 g/mol. The van der Waals surface area contributed by atoms with Gasteiger partial charge in [-0.2, -0.15) is 0 Å². The van der Waals surface area contributed by atoms with Crippen molar-refractivity contribution in [3.63, 3.8) is 0 Å². The molecule has 0 bridgehead atoms. The minimum absolute atomic E-state index is 0.0739. The van der Waals surface area contributed by atoms with Crippen molar-refractivity contribution in [2.45, 2.75) is 12.5 Å². The standard InChI is InChI=1S/C24H24ClFN2O5/c25-16-5-6-19(29)18(14-16)22(30)20-21(15-3-1-4-17(26)13-15)28(24(32)23(20)31)8-2-7-27-9-11-33-12-10-27/h1,3-6,13-14,21,29-30H,2,7-12H2/t21-/m1/s1. The molecule has 2 N–H and O–H groups in total. The Morgan fingerprint density at radius 2 is 1.88 bits per heavy atom. The first kappa shape index (κ1) is 23.2. The number of benzene rings is 2. The molecule has 33 heavy (non-hydrogen) atoms. The summed E-state index contributed by atoms with van der Waals surface area (Å²) in [5.74, 6) is -3.06. The fraction of sp³-hybridized carbons (Fsp3) is 0.333. The van der Waals surface area contributed by atoms with Crippen molar-refractivity contribution in [2.75, 3.05) is 39.4 Å². The van der Waals surface area contributed by atoms with Gasteiger partial charge in [0.2, 0.25) is 0 Å². The summed E-state index contributed by atoms with van der Waals surface area (Å²) < 4.78 is 19.4. The summed E-state index contributed by atoms with van der Waals surface area (Å²) in [7, 11) is 0. The van der Waals surface area contributed by atoms with E-state index in [1.54, 1.807) is 6.07 Å². The quantitative estimate of drug-likeness (QED) is 0.379. The number of phenolic OH excluding ortho intramolecular Hbond substituents is 1. The van der Waals surface area contributed by atoms with Gasteiger partial charge in [-0.25, -0.2) is 4.39 Å². The Morgan fingerprint density at radius 1 is 1.12 bits per heavy atom. The molecule has 7 nitrogen and oxygen atoms in total. The number of Topliss-reactive ketones (excluding diaryl/α,β-unsaturated/α-hetero) is 1. The molecule has 0 saturated carbocycles. The van der Waals surface area contributed by atoms with Crippen molar-refractivity contribution in [1.29, 1.82) is 0 Å². The van der Waals surface area contributed by atoms with E-state index in [0.717, 1.165) is 13.1 Å². The largest absolute Gasteiger partial charge is 0.507 e. The van der Waals surface area contributed by atoms with Gasteiger partial charge in [0.25, 0.3) is 11.7 Å². The van der Waals surface area contributed by atoms with E-state index in [4.69, 9.17) is 16.3 Å². The van der Waals surface area contributed by atoms with Crippen molar-refractivity contribution >= 4 is 29.1 Å². The number of likely N-dealkylation sites (tertiary alicyclic amines) is 1. The molecule has 0 spiro atoms. The van der Waals surface area contributed by atoms with Gasteiger partial charge in [-0.15, -0.1) is 0 Å². The summed E-state index contributed by atoms with van der Waals surface area (Å²) in [6, 6.07) is 8.60. The van der Waals surface area contributed by atoms with Crippen LogP contribution in [0.15, 0.2) is 48.0 Å². The van der Waals surface area contributed by atoms with Crippen molar-refractivity contribution in [3.05, 3.63) is 70.0 Å². The molecular weight excluding hydrogens is 451 g/mol. The maximum atomic E-state index is 14.1. The van der Waals surface area contributed by atoms with E-state index in [1.807, 2.05) is 0 Å². The molecule has 2 aromatic rings. The Balaban J connectivity index is 1.71. The van der Waals surface area contributed by atoms with Gasteiger partial charge in [0.05, 0.1) is 30.4 Å². The van der Waals surface area contributed by atoms with Crippen LogP contribution in [0.5, 0.6) is 5.75 Å². The van der Waals surface area contributed by atoms with Crippen LogP contribution in [0.3, 0.4) is 0 Å². The SMILES string of the molecule is O=C1C(=O)N(CCCN2CCOCC2)[C@H](c2cccc(F)c2)C1=C(O)c1cc(Cl)ccc1O. The number of morpholine rings is 1. The number of ether oxygens (including phenoxy) is 1. The van der Waals surface area contributed by atoms with Crippen LogP contribution in [0.25, 0.3) is 5.76 Å². The second-order valence-corrected chi connectivity index (χ2v) is 8.45. The van der Waals surface area contributed by atoms with Crippen LogP contribution in [0.2, 0.25) is 5.02 Å². The zero-order valence-electron chi connectivity index (χ0n) is 17.8. The van der Waals surface area contributed by atoms with Gasteiger partial charge in [-0.05, 0) is 42.3 Å². The highest BCUT2D eigenvalue weighted by atomic mass is 35.5. The Labute approximate surface area is 195 Å². The highest BCUT2D eigenvalue weighted by molar-refractivity contribution is 6.46.